The van der Waals surface area contributed by atoms with E-state index in [1.54, 1.807) is 6.20 Å². The average Bonchev–Trinajstić information content (AvgIpc) is 2.81. The van der Waals surface area contributed by atoms with Crippen molar-refractivity contribution in [1.29, 1.82) is 0 Å². The lowest BCUT2D eigenvalue weighted by molar-refractivity contribution is 0.0259. The number of aryl methyl sites for hydroxylation is 1. The van der Waals surface area contributed by atoms with Gasteiger partial charge in [0.25, 0.3) is 0 Å². The lowest BCUT2D eigenvalue weighted by Crippen LogP contribution is -2.26. The SMILES string of the molecule is Cc1ccc(Nc2nccc(-c3ccc(OC4CCOCC4)c(N)c3)n2)cc1OCCN. The molecular weight excluding hydrogens is 406 g/mol. The summed E-state index contributed by atoms with van der Waals surface area (Å²) < 4.78 is 17.1. The van der Waals surface area contributed by atoms with Crippen LogP contribution in [0.3, 0.4) is 0 Å². The predicted octanol–water partition coefficient (Wildman–Crippen LogP) is 3.67. The van der Waals surface area contributed by atoms with E-state index in [0.717, 1.165) is 54.3 Å². The molecule has 2 heterocycles. The van der Waals surface area contributed by atoms with E-state index in [-0.39, 0.29) is 6.10 Å². The fourth-order valence-corrected chi connectivity index (χ4v) is 3.50. The summed E-state index contributed by atoms with van der Waals surface area (Å²) in [5.74, 6) is 1.96. The lowest BCUT2D eigenvalue weighted by atomic mass is 10.1. The molecule has 32 heavy (non-hydrogen) atoms. The zero-order chi connectivity index (χ0) is 22.3. The Labute approximate surface area is 187 Å². The van der Waals surface area contributed by atoms with Crippen molar-refractivity contribution in [2.45, 2.75) is 25.9 Å². The van der Waals surface area contributed by atoms with Crippen LogP contribution in [0, 0.1) is 6.92 Å². The number of nitrogens with zero attached hydrogens (tertiary/aromatic N) is 2. The molecule has 3 aromatic rings. The topological polar surface area (TPSA) is 118 Å². The molecule has 0 saturated carbocycles. The van der Waals surface area contributed by atoms with Gasteiger partial charge in [-0.2, -0.15) is 0 Å². The van der Waals surface area contributed by atoms with Gasteiger partial charge in [-0.15, -0.1) is 0 Å². The number of rotatable bonds is 8. The molecule has 0 atom stereocenters. The van der Waals surface area contributed by atoms with Crippen LogP contribution in [0.4, 0.5) is 17.3 Å². The number of hydrogen-bond acceptors (Lipinski definition) is 8. The summed E-state index contributed by atoms with van der Waals surface area (Å²) in [7, 11) is 0. The van der Waals surface area contributed by atoms with Crippen LogP contribution >= 0.6 is 0 Å². The Morgan fingerprint density at radius 1 is 1.09 bits per heavy atom. The largest absolute Gasteiger partial charge is 0.492 e. The minimum atomic E-state index is 0.139. The highest BCUT2D eigenvalue weighted by atomic mass is 16.5. The second-order valence-corrected chi connectivity index (χ2v) is 7.69. The minimum Gasteiger partial charge on any atom is -0.492 e. The van der Waals surface area contributed by atoms with Gasteiger partial charge >= 0.3 is 0 Å². The first-order valence-electron chi connectivity index (χ1n) is 10.8. The molecule has 1 saturated heterocycles. The van der Waals surface area contributed by atoms with Crippen molar-refractivity contribution in [3.8, 4) is 22.8 Å². The average molecular weight is 436 g/mol. The third-order valence-corrected chi connectivity index (χ3v) is 5.24. The molecule has 0 unspecified atom stereocenters. The molecule has 1 aromatic heterocycles. The first kappa shape index (κ1) is 21.9. The van der Waals surface area contributed by atoms with Gasteiger partial charge in [0.1, 0.15) is 24.2 Å². The molecule has 0 spiro atoms. The second-order valence-electron chi connectivity index (χ2n) is 7.69. The van der Waals surface area contributed by atoms with Gasteiger partial charge in [-0.3, -0.25) is 0 Å². The van der Waals surface area contributed by atoms with E-state index in [0.29, 0.717) is 30.5 Å². The zero-order valence-corrected chi connectivity index (χ0v) is 18.2. The number of benzene rings is 2. The maximum Gasteiger partial charge on any atom is 0.227 e. The molecule has 5 N–H and O–H groups in total. The van der Waals surface area contributed by atoms with E-state index in [1.807, 2.05) is 49.4 Å². The molecule has 0 aliphatic carbocycles. The van der Waals surface area contributed by atoms with E-state index in [9.17, 15) is 0 Å². The van der Waals surface area contributed by atoms with E-state index >= 15 is 0 Å². The van der Waals surface area contributed by atoms with Crippen LogP contribution in [0.5, 0.6) is 11.5 Å². The molecular formula is C24H29N5O3. The van der Waals surface area contributed by atoms with Gasteiger partial charge in [0.05, 0.1) is 24.6 Å². The standard InChI is InChI=1S/C24H29N5O3/c1-16-2-4-18(15-23(16)31-13-9-25)28-24-27-10-6-21(29-24)17-3-5-22(20(26)14-17)32-19-7-11-30-12-8-19/h2-6,10,14-15,19H,7-9,11-13,25-26H2,1H3,(H,27,28,29). The van der Waals surface area contributed by atoms with Gasteiger partial charge in [0, 0.05) is 42.9 Å². The Hall–Kier alpha value is -3.36. The van der Waals surface area contributed by atoms with E-state index in [4.69, 9.17) is 25.7 Å². The Morgan fingerprint density at radius 3 is 2.72 bits per heavy atom. The number of nitrogens with one attached hydrogen (secondary N) is 1. The summed E-state index contributed by atoms with van der Waals surface area (Å²) in [6.45, 7) is 4.37. The molecule has 0 bridgehead atoms. The van der Waals surface area contributed by atoms with E-state index in [1.165, 1.54) is 0 Å². The van der Waals surface area contributed by atoms with Crippen LogP contribution in [0.15, 0.2) is 48.7 Å². The van der Waals surface area contributed by atoms with Gasteiger partial charge in [-0.1, -0.05) is 6.07 Å². The Bertz CT molecular complexity index is 1050. The van der Waals surface area contributed by atoms with Crippen LogP contribution in [0.2, 0.25) is 0 Å². The van der Waals surface area contributed by atoms with Gasteiger partial charge in [0.15, 0.2) is 0 Å². The Morgan fingerprint density at radius 2 is 1.94 bits per heavy atom. The maximum absolute atomic E-state index is 6.27. The monoisotopic (exact) mass is 435 g/mol. The number of ether oxygens (including phenoxy) is 3. The van der Waals surface area contributed by atoms with Crippen molar-refractivity contribution in [3.05, 3.63) is 54.2 Å². The first-order chi connectivity index (χ1) is 15.6. The molecule has 1 fully saturated rings. The van der Waals surface area contributed by atoms with Crippen LogP contribution in [-0.4, -0.2) is 42.4 Å². The highest BCUT2D eigenvalue weighted by molar-refractivity contribution is 5.69. The fraction of sp³-hybridized carbons (Fsp3) is 0.333. The molecule has 168 valence electrons. The quantitative estimate of drug-likeness (QED) is 0.459. The number of nitrogen functional groups attached to an aromatic ring is 1. The van der Waals surface area contributed by atoms with Crippen molar-refractivity contribution in [2.75, 3.05) is 37.4 Å². The van der Waals surface area contributed by atoms with Gasteiger partial charge in [-0.05, 0) is 42.8 Å². The Kier molecular flexibility index (Phi) is 7.03. The summed E-state index contributed by atoms with van der Waals surface area (Å²) in [5, 5.41) is 3.24. The number of anilines is 3. The molecule has 1 aliphatic heterocycles. The fourth-order valence-electron chi connectivity index (χ4n) is 3.50. The summed E-state index contributed by atoms with van der Waals surface area (Å²) >= 11 is 0. The van der Waals surface area contributed by atoms with Gasteiger partial charge < -0.3 is 31.0 Å². The van der Waals surface area contributed by atoms with E-state index < -0.39 is 0 Å². The maximum atomic E-state index is 6.27. The normalized spacial score (nSPS) is 14.2. The summed E-state index contributed by atoms with van der Waals surface area (Å²) in [4.78, 5) is 8.98. The number of nitrogens with two attached hydrogens (primary N) is 2. The van der Waals surface area contributed by atoms with Crippen molar-refractivity contribution < 1.29 is 14.2 Å². The summed E-state index contributed by atoms with van der Waals surface area (Å²) in [6.07, 6.45) is 3.60. The molecule has 0 amide bonds. The Balaban J connectivity index is 1.48. The smallest absolute Gasteiger partial charge is 0.227 e. The highest BCUT2D eigenvalue weighted by Gasteiger charge is 2.17. The van der Waals surface area contributed by atoms with Gasteiger partial charge in [0.2, 0.25) is 5.95 Å². The van der Waals surface area contributed by atoms with Crippen molar-refractivity contribution in [2.24, 2.45) is 5.73 Å². The van der Waals surface area contributed by atoms with Crippen LogP contribution in [0.25, 0.3) is 11.3 Å². The second kappa shape index (κ2) is 10.3. The highest BCUT2D eigenvalue weighted by Crippen LogP contribution is 2.30. The first-order valence-corrected chi connectivity index (χ1v) is 10.8. The molecule has 2 aromatic carbocycles. The molecule has 1 aliphatic rings. The zero-order valence-electron chi connectivity index (χ0n) is 18.2. The number of aromatic nitrogens is 2. The van der Waals surface area contributed by atoms with Crippen LogP contribution in [0.1, 0.15) is 18.4 Å². The lowest BCUT2D eigenvalue weighted by Gasteiger charge is -2.24. The van der Waals surface area contributed by atoms with Crippen molar-refractivity contribution >= 4 is 17.3 Å². The third-order valence-electron chi connectivity index (χ3n) is 5.24. The van der Waals surface area contributed by atoms with Crippen LogP contribution < -0.4 is 26.3 Å². The number of hydrogen-bond donors (Lipinski definition) is 3. The third kappa shape index (κ3) is 5.46. The summed E-state index contributed by atoms with van der Waals surface area (Å²) in [5.41, 5.74) is 15.9. The minimum absolute atomic E-state index is 0.139. The molecule has 8 nitrogen and oxygen atoms in total. The molecule has 4 rings (SSSR count). The molecule has 0 radical (unpaired) electrons. The molecule has 8 heteroatoms. The van der Waals surface area contributed by atoms with Crippen molar-refractivity contribution in [3.63, 3.8) is 0 Å². The van der Waals surface area contributed by atoms with E-state index in [2.05, 4.69) is 15.3 Å². The van der Waals surface area contributed by atoms with Gasteiger partial charge in [-0.25, -0.2) is 9.97 Å². The van der Waals surface area contributed by atoms with Crippen molar-refractivity contribution in [1.82, 2.24) is 9.97 Å². The predicted molar refractivity (Wildman–Crippen MR) is 125 cm³/mol. The van der Waals surface area contributed by atoms with Crippen LogP contribution in [-0.2, 0) is 4.74 Å². The summed E-state index contributed by atoms with van der Waals surface area (Å²) in [6, 6.07) is 13.5.